The highest BCUT2D eigenvalue weighted by atomic mass is 35.5. The van der Waals surface area contributed by atoms with Crippen LogP contribution in [0.5, 0.6) is 0 Å². The van der Waals surface area contributed by atoms with Crippen molar-refractivity contribution in [1.29, 1.82) is 0 Å². The van der Waals surface area contributed by atoms with E-state index in [1.807, 2.05) is 41.7 Å². The Kier molecular flexibility index (Phi) is 5.04. The van der Waals surface area contributed by atoms with E-state index in [9.17, 15) is 4.79 Å². The van der Waals surface area contributed by atoms with Gasteiger partial charge >= 0.3 is 5.97 Å². The first-order valence-electron chi connectivity index (χ1n) is 7.95. The van der Waals surface area contributed by atoms with E-state index in [0.29, 0.717) is 11.4 Å². The number of quaternary nitrogens is 1. The predicted molar refractivity (Wildman–Crippen MR) is 93.0 cm³/mol. The maximum atomic E-state index is 12.2. The van der Waals surface area contributed by atoms with E-state index >= 15 is 0 Å². The zero-order valence-corrected chi connectivity index (χ0v) is 15.1. The summed E-state index contributed by atoms with van der Waals surface area (Å²) in [4.78, 5) is 15.7. The molecule has 1 aromatic heterocycles. The third kappa shape index (κ3) is 3.01. The number of para-hydroxylation sites is 1. The lowest BCUT2D eigenvalue weighted by Gasteiger charge is -2.27. The molecule has 0 aliphatic carbocycles. The summed E-state index contributed by atoms with van der Waals surface area (Å²) in [6.45, 7) is 0. The molecule has 2 aromatic carbocycles. The van der Waals surface area contributed by atoms with Gasteiger partial charge < -0.3 is 27.4 Å². The van der Waals surface area contributed by atoms with Crippen LogP contribution in [0.15, 0.2) is 48.5 Å². The number of nitrogens with one attached hydrogen (secondary N) is 1. The number of ether oxygens (including phenoxy) is 1. The molecule has 4 nitrogen and oxygen atoms in total. The summed E-state index contributed by atoms with van der Waals surface area (Å²) in [6, 6.07) is 15.6. The van der Waals surface area contributed by atoms with Crippen LogP contribution in [-0.2, 0) is 16.0 Å². The molecule has 25 heavy (non-hydrogen) atoms. The van der Waals surface area contributed by atoms with Crippen LogP contribution in [0.3, 0.4) is 0 Å². The van der Waals surface area contributed by atoms with Crippen molar-refractivity contribution in [1.82, 2.24) is 4.98 Å². The summed E-state index contributed by atoms with van der Waals surface area (Å²) in [7, 11) is 1.44. The van der Waals surface area contributed by atoms with Crippen LogP contribution in [0.4, 0.5) is 0 Å². The number of aromatic amines is 1. The summed E-state index contributed by atoms with van der Waals surface area (Å²) in [5.74, 6) is -0.206. The molecule has 4 rings (SSSR count). The minimum atomic E-state index is -0.275. The molecule has 1 aliphatic heterocycles. The maximum absolute atomic E-state index is 12.2. The molecule has 130 valence electrons. The van der Waals surface area contributed by atoms with Gasteiger partial charge in [-0.05, 0) is 17.7 Å². The Morgan fingerprint density at radius 2 is 1.92 bits per heavy atom. The van der Waals surface area contributed by atoms with Crippen molar-refractivity contribution in [3.8, 4) is 0 Å². The fourth-order valence-electron chi connectivity index (χ4n) is 3.62. The molecule has 0 saturated heterocycles. The minimum Gasteiger partial charge on any atom is -1.00 e. The Bertz CT molecular complexity index is 923. The van der Waals surface area contributed by atoms with E-state index in [4.69, 9.17) is 16.3 Å². The largest absolute Gasteiger partial charge is 1.00 e. The van der Waals surface area contributed by atoms with Gasteiger partial charge in [0.25, 0.3) is 0 Å². The van der Waals surface area contributed by atoms with E-state index in [-0.39, 0.29) is 30.5 Å². The standard InChI is InChI=1S/C19H17ClN2O2.ClH/c1-24-19(23)16-10-13-11-6-3-5-9-15(11)21-18(13)17(22-16)12-7-2-4-8-14(12)20;/h2-9,16-17,21-22H,10H2,1H3;1H. The van der Waals surface area contributed by atoms with E-state index in [2.05, 4.69) is 17.1 Å². The second-order valence-electron chi connectivity index (χ2n) is 6.09. The fourth-order valence-corrected chi connectivity index (χ4v) is 3.88. The lowest BCUT2D eigenvalue weighted by atomic mass is 9.90. The van der Waals surface area contributed by atoms with Gasteiger partial charge in [0.15, 0.2) is 12.1 Å². The Hall–Kier alpha value is -2.01. The lowest BCUT2D eigenvalue weighted by Crippen LogP contribution is -3.00. The fraction of sp³-hybridized carbons (Fsp3) is 0.211. The first kappa shape index (κ1) is 17.8. The molecule has 3 N–H and O–H groups in total. The average molecular weight is 377 g/mol. The molecule has 0 amide bonds. The first-order valence-corrected chi connectivity index (χ1v) is 8.33. The van der Waals surface area contributed by atoms with E-state index in [1.54, 1.807) is 0 Å². The predicted octanol–water partition coefficient (Wildman–Crippen LogP) is -0.424. The van der Waals surface area contributed by atoms with Crippen LogP contribution in [0.1, 0.15) is 22.9 Å². The first-order chi connectivity index (χ1) is 11.7. The zero-order chi connectivity index (χ0) is 16.7. The van der Waals surface area contributed by atoms with Crippen molar-refractivity contribution in [3.05, 3.63) is 70.4 Å². The number of esters is 1. The number of methoxy groups -OCH3 is 1. The highest BCUT2D eigenvalue weighted by Crippen LogP contribution is 2.34. The molecule has 2 unspecified atom stereocenters. The summed E-state index contributed by atoms with van der Waals surface area (Å²) in [5, 5.41) is 3.91. The molecule has 2 atom stereocenters. The van der Waals surface area contributed by atoms with Crippen LogP contribution < -0.4 is 17.7 Å². The smallest absolute Gasteiger partial charge is 0.364 e. The molecule has 0 radical (unpaired) electrons. The Morgan fingerprint density at radius 3 is 2.68 bits per heavy atom. The van der Waals surface area contributed by atoms with Crippen molar-refractivity contribution in [2.75, 3.05) is 7.11 Å². The van der Waals surface area contributed by atoms with Crippen molar-refractivity contribution >= 4 is 28.5 Å². The number of H-pyrrole nitrogens is 1. The van der Waals surface area contributed by atoms with Crippen LogP contribution in [-0.4, -0.2) is 24.1 Å². The third-order valence-corrected chi connectivity index (χ3v) is 5.09. The maximum Gasteiger partial charge on any atom is 0.364 e. The van der Waals surface area contributed by atoms with Gasteiger partial charge in [-0.15, -0.1) is 0 Å². The second-order valence-corrected chi connectivity index (χ2v) is 6.50. The number of hydrogen-bond acceptors (Lipinski definition) is 2. The number of carbonyl (C=O) groups is 1. The number of halogens is 2. The number of fused-ring (bicyclic) bond motifs is 3. The highest BCUT2D eigenvalue weighted by Gasteiger charge is 2.38. The van der Waals surface area contributed by atoms with Gasteiger partial charge in [-0.3, -0.25) is 0 Å². The van der Waals surface area contributed by atoms with Gasteiger partial charge in [-0.1, -0.05) is 48.0 Å². The molecule has 0 bridgehead atoms. The number of aromatic nitrogens is 1. The average Bonchev–Trinajstić information content (AvgIpc) is 2.99. The van der Waals surface area contributed by atoms with E-state index in [0.717, 1.165) is 22.2 Å². The zero-order valence-electron chi connectivity index (χ0n) is 13.6. The number of benzene rings is 2. The van der Waals surface area contributed by atoms with Gasteiger partial charge in [-0.2, -0.15) is 0 Å². The summed E-state index contributed by atoms with van der Waals surface area (Å²) in [5.41, 5.74) is 4.37. The third-order valence-electron chi connectivity index (χ3n) is 4.75. The van der Waals surface area contributed by atoms with Crippen LogP contribution in [0, 0.1) is 0 Å². The van der Waals surface area contributed by atoms with Crippen LogP contribution >= 0.6 is 11.6 Å². The Balaban J connectivity index is 0.00000182. The number of nitrogens with two attached hydrogens (primary N) is 1. The van der Waals surface area contributed by atoms with Crippen LogP contribution in [0.2, 0.25) is 5.02 Å². The Labute approximate surface area is 156 Å². The van der Waals surface area contributed by atoms with Crippen molar-refractivity contribution in [2.45, 2.75) is 18.5 Å². The van der Waals surface area contributed by atoms with Crippen molar-refractivity contribution in [2.24, 2.45) is 0 Å². The van der Waals surface area contributed by atoms with E-state index in [1.165, 1.54) is 12.7 Å². The highest BCUT2D eigenvalue weighted by molar-refractivity contribution is 6.31. The Morgan fingerprint density at radius 1 is 1.20 bits per heavy atom. The van der Waals surface area contributed by atoms with Crippen molar-refractivity contribution < 1.29 is 27.3 Å². The lowest BCUT2D eigenvalue weighted by molar-refractivity contribution is -0.712. The summed E-state index contributed by atoms with van der Waals surface area (Å²) in [6.07, 6.45) is 0.646. The second kappa shape index (κ2) is 7.08. The van der Waals surface area contributed by atoms with Gasteiger partial charge in [-0.25, -0.2) is 4.79 Å². The van der Waals surface area contributed by atoms with Crippen molar-refractivity contribution in [3.63, 3.8) is 0 Å². The van der Waals surface area contributed by atoms with E-state index < -0.39 is 0 Å². The number of rotatable bonds is 2. The molecule has 1 aliphatic rings. The number of carbonyl (C=O) groups excluding carboxylic acids is 1. The minimum absolute atomic E-state index is 0. The van der Waals surface area contributed by atoms with Gasteiger partial charge in [0.1, 0.15) is 0 Å². The van der Waals surface area contributed by atoms with Crippen LogP contribution in [0.25, 0.3) is 10.9 Å². The monoisotopic (exact) mass is 376 g/mol. The molecule has 0 saturated carbocycles. The summed E-state index contributed by atoms with van der Waals surface area (Å²) >= 11 is 6.43. The van der Waals surface area contributed by atoms with Gasteiger partial charge in [0.05, 0.1) is 17.8 Å². The summed E-state index contributed by atoms with van der Waals surface area (Å²) < 4.78 is 4.99. The SMILES string of the molecule is COC(=O)C1Cc2c([nH]c3ccccc23)C(c2ccccc2Cl)[NH2+]1.[Cl-]. The molecule has 6 heteroatoms. The van der Waals surface area contributed by atoms with Gasteiger partial charge in [0, 0.05) is 22.9 Å². The molecular formula is C19H18Cl2N2O2. The quantitative estimate of drug-likeness (QED) is 0.596. The molecule has 0 spiro atoms. The van der Waals surface area contributed by atoms with Gasteiger partial charge in [0.2, 0.25) is 0 Å². The normalized spacial score (nSPS) is 19.1. The molecular weight excluding hydrogens is 359 g/mol. The topological polar surface area (TPSA) is 58.7 Å². The molecule has 3 aromatic rings. The number of hydrogen-bond donors (Lipinski definition) is 2. The molecule has 0 fully saturated rings. The molecule has 2 heterocycles.